The Balaban J connectivity index is 3.13. The molecule has 0 fully saturated rings. The Kier molecular flexibility index (Phi) is 6.14. The van der Waals surface area contributed by atoms with Crippen molar-refractivity contribution in [2.75, 3.05) is 6.61 Å². The summed E-state index contributed by atoms with van der Waals surface area (Å²) in [5, 5.41) is 10.2. The van der Waals surface area contributed by atoms with Gasteiger partial charge in [-0.1, -0.05) is 6.92 Å². The van der Waals surface area contributed by atoms with E-state index in [0.717, 1.165) is 0 Å². The summed E-state index contributed by atoms with van der Waals surface area (Å²) in [6.07, 6.45) is 2.85. The van der Waals surface area contributed by atoms with Crippen molar-refractivity contribution >= 4 is 23.5 Å². The second-order valence-electron chi connectivity index (χ2n) is 4.03. The van der Waals surface area contributed by atoms with Gasteiger partial charge in [0.2, 0.25) is 0 Å². The highest BCUT2D eigenvalue weighted by Crippen LogP contribution is 2.27. The van der Waals surface area contributed by atoms with Gasteiger partial charge in [0.25, 0.3) is 0 Å². The third-order valence-corrected chi connectivity index (χ3v) is 3.15. The first-order valence-corrected chi connectivity index (χ1v) is 6.69. The third-order valence-electron chi connectivity index (χ3n) is 2.66. The maximum absolute atomic E-state index is 11.6. The average molecular weight is 316 g/mol. The van der Waals surface area contributed by atoms with Gasteiger partial charge >= 0.3 is 12.0 Å². The number of alkyl halides is 1. The fourth-order valence-electron chi connectivity index (χ4n) is 1.65. The molecule has 0 heterocycles. The number of hydrogen-bond donors (Lipinski definition) is 0. The first kappa shape index (κ1) is 16.9. The lowest BCUT2D eigenvalue weighted by molar-refractivity contribution is -0.505. The number of nitro groups is 1. The molecule has 114 valence electrons. The van der Waals surface area contributed by atoms with E-state index in [2.05, 4.69) is 0 Å². The van der Waals surface area contributed by atoms with Crippen LogP contribution in [0.2, 0.25) is 0 Å². The molecule has 0 saturated carbocycles. The lowest BCUT2D eigenvalue weighted by atomic mass is 10.00. The zero-order valence-electron chi connectivity index (χ0n) is 11.5. The average Bonchev–Trinajstić information content (AvgIpc) is 2.46. The van der Waals surface area contributed by atoms with Crippen LogP contribution in [0.25, 0.3) is 0 Å². The van der Waals surface area contributed by atoms with Crippen LogP contribution in [-0.4, -0.2) is 34.9 Å². The van der Waals surface area contributed by atoms with Crippen molar-refractivity contribution in [1.29, 1.82) is 0 Å². The normalized spacial score (nSPS) is 19.0. The predicted octanol–water partition coefficient (Wildman–Crippen LogP) is 1.77. The summed E-state index contributed by atoms with van der Waals surface area (Å²) >= 11 is 5.72. The molecule has 8 heteroatoms. The summed E-state index contributed by atoms with van der Waals surface area (Å²) in [7, 11) is 0. The molecule has 1 aliphatic rings. The molecule has 0 aliphatic heterocycles. The van der Waals surface area contributed by atoms with E-state index in [0.29, 0.717) is 6.42 Å². The van der Waals surface area contributed by atoms with E-state index < -0.39 is 22.3 Å². The number of esters is 1. The van der Waals surface area contributed by atoms with E-state index in [1.807, 2.05) is 0 Å². The highest BCUT2D eigenvalue weighted by atomic mass is 35.5. The van der Waals surface area contributed by atoms with E-state index in [1.54, 1.807) is 13.8 Å². The van der Waals surface area contributed by atoms with Gasteiger partial charge in [-0.2, -0.15) is 0 Å². The number of ether oxygens (including phenoxy) is 2. The number of carbonyl (C=O) groups excluding carboxylic acids is 2. The Labute approximate surface area is 126 Å². The van der Waals surface area contributed by atoms with Gasteiger partial charge in [-0.25, -0.2) is 4.79 Å². The smallest absolute Gasteiger partial charge is 0.329 e. The third kappa shape index (κ3) is 3.93. The Hall–Kier alpha value is -2.11. The van der Waals surface area contributed by atoms with Crippen LogP contribution in [0.4, 0.5) is 0 Å². The summed E-state index contributed by atoms with van der Waals surface area (Å²) in [6.45, 7) is 3.57. The van der Waals surface area contributed by atoms with E-state index >= 15 is 0 Å². The monoisotopic (exact) mass is 315 g/mol. The summed E-state index contributed by atoms with van der Waals surface area (Å²) in [5.41, 5.74) is -0.324. The highest BCUT2D eigenvalue weighted by Gasteiger charge is 2.40. The van der Waals surface area contributed by atoms with Gasteiger partial charge in [-0.15, -0.1) is 11.6 Å². The number of halogens is 1. The van der Waals surface area contributed by atoms with Crippen LogP contribution in [0.5, 0.6) is 0 Å². The van der Waals surface area contributed by atoms with Crippen LogP contribution in [0.3, 0.4) is 0 Å². The maximum Gasteiger partial charge on any atom is 0.329 e. The summed E-state index contributed by atoms with van der Waals surface area (Å²) in [6, 6.07) is -1.64. The predicted molar refractivity (Wildman–Crippen MR) is 73.8 cm³/mol. The molecule has 0 aromatic carbocycles. The van der Waals surface area contributed by atoms with Crippen molar-refractivity contribution < 1.29 is 24.0 Å². The van der Waals surface area contributed by atoms with E-state index in [1.165, 1.54) is 18.1 Å². The molecule has 0 radical (unpaired) electrons. The molecule has 0 aromatic heterocycles. The largest absolute Gasteiger partial charge is 0.493 e. The SMILES string of the molecule is CCOC1=CC=C(OC(=O)C(Cl)CC)C([N+](=O)[O-])C1=C=O. The van der Waals surface area contributed by atoms with Crippen LogP contribution in [0, 0.1) is 10.1 Å². The van der Waals surface area contributed by atoms with Crippen molar-refractivity contribution in [3.05, 3.63) is 39.4 Å². The first-order chi connectivity index (χ1) is 9.96. The van der Waals surface area contributed by atoms with E-state index in [-0.39, 0.29) is 23.7 Å². The minimum absolute atomic E-state index is 0.0342. The minimum atomic E-state index is -1.64. The van der Waals surface area contributed by atoms with Crippen LogP contribution in [0.15, 0.2) is 29.2 Å². The van der Waals surface area contributed by atoms with Crippen molar-refractivity contribution in [3.63, 3.8) is 0 Å². The van der Waals surface area contributed by atoms with Crippen LogP contribution in [0.1, 0.15) is 20.3 Å². The molecule has 7 nitrogen and oxygen atoms in total. The van der Waals surface area contributed by atoms with Crippen molar-refractivity contribution in [2.24, 2.45) is 0 Å². The first-order valence-electron chi connectivity index (χ1n) is 6.25. The van der Waals surface area contributed by atoms with E-state index in [4.69, 9.17) is 21.1 Å². The van der Waals surface area contributed by atoms with Crippen molar-refractivity contribution in [2.45, 2.75) is 31.7 Å². The van der Waals surface area contributed by atoms with Gasteiger partial charge in [0.05, 0.1) is 6.61 Å². The van der Waals surface area contributed by atoms with Crippen molar-refractivity contribution in [1.82, 2.24) is 0 Å². The van der Waals surface area contributed by atoms with Crippen LogP contribution < -0.4 is 0 Å². The number of nitrogens with zero attached hydrogens (tertiary/aromatic N) is 1. The molecule has 1 aliphatic carbocycles. The lowest BCUT2D eigenvalue weighted by Crippen LogP contribution is -2.32. The van der Waals surface area contributed by atoms with Crippen LogP contribution >= 0.6 is 11.6 Å². The fraction of sp³-hybridized carbons (Fsp3) is 0.462. The molecule has 0 saturated heterocycles. The molecular formula is C13H14ClNO6. The molecule has 21 heavy (non-hydrogen) atoms. The van der Waals surface area contributed by atoms with Gasteiger partial charge in [0, 0.05) is 4.92 Å². The molecular weight excluding hydrogens is 302 g/mol. The molecule has 0 amide bonds. The highest BCUT2D eigenvalue weighted by molar-refractivity contribution is 6.29. The van der Waals surface area contributed by atoms with Gasteiger partial charge in [0.15, 0.2) is 11.3 Å². The molecule has 0 bridgehead atoms. The Morgan fingerprint density at radius 3 is 2.67 bits per heavy atom. The van der Waals surface area contributed by atoms with Crippen molar-refractivity contribution in [3.8, 4) is 0 Å². The zero-order valence-corrected chi connectivity index (χ0v) is 12.3. The number of carbonyl (C=O) groups is 1. The Morgan fingerprint density at radius 1 is 1.52 bits per heavy atom. The standard InChI is InChI=1S/C13H14ClNO6/c1-3-9(14)13(17)21-11-6-5-10(20-4-2)8(7-16)12(11)15(18)19/h5-6,9,12H,3-4H2,1-2H3. The van der Waals surface area contributed by atoms with E-state index in [9.17, 15) is 19.7 Å². The second-order valence-corrected chi connectivity index (χ2v) is 4.56. The van der Waals surface area contributed by atoms with Gasteiger partial charge in [-0.05, 0) is 25.5 Å². The molecule has 2 unspecified atom stereocenters. The summed E-state index contributed by atoms with van der Waals surface area (Å²) in [5.74, 6) is 0.422. The minimum Gasteiger partial charge on any atom is -0.493 e. The summed E-state index contributed by atoms with van der Waals surface area (Å²) < 4.78 is 10.1. The number of hydrogen-bond acceptors (Lipinski definition) is 6. The van der Waals surface area contributed by atoms with Gasteiger partial charge in [0.1, 0.15) is 17.1 Å². The Bertz CT molecular complexity index is 547. The topological polar surface area (TPSA) is 95.7 Å². The second kappa shape index (κ2) is 7.61. The Morgan fingerprint density at radius 2 is 2.19 bits per heavy atom. The molecule has 1 rings (SSSR count). The lowest BCUT2D eigenvalue weighted by Gasteiger charge is -2.19. The fourth-order valence-corrected chi connectivity index (χ4v) is 1.69. The summed E-state index contributed by atoms with van der Waals surface area (Å²) in [4.78, 5) is 33.0. The van der Waals surface area contributed by atoms with Gasteiger partial charge < -0.3 is 9.47 Å². The molecule has 2 atom stereocenters. The number of rotatable bonds is 6. The quantitative estimate of drug-likeness (QED) is 0.244. The molecule has 0 aromatic rings. The zero-order chi connectivity index (χ0) is 16.0. The number of allylic oxidation sites excluding steroid dienone is 2. The molecule has 0 N–H and O–H groups in total. The molecule has 0 spiro atoms. The maximum atomic E-state index is 11.6. The van der Waals surface area contributed by atoms with Crippen LogP contribution in [-0.2, 0) is 19.1 Å². The van der Waals surface area contributed by atoms with Gasteiger partial charge in [-0.3, -0.25) is 14.9 Å².